The number of hydrogen-bond acceptors (Lipinski definition) is 3. The number of imide groups is 1. The molecule has 1 aliphatic heterocycles. The highest BCUT2D eigenvalue weighted by atomic mass is 35.5. The van der Waals surface area contributed by atoms with E-state index in [1.54, 1.807) is 6.07 Å². The first kappa shape index (κ1) is 16.7. The van der Waals surface area contributed by atoms with E-state index in [-0.39, 0.29) is 15.5 Å². The minimum atomic E-state index is -0.541. The van der Waals surface area contributed by atoms with Crippen LogP contribution in [0.5, 0.6) is 0 Å². The van der Waals surface area contributed by atoms with Crippen LogP contribution in [0.2, 0.25) is 5.02 Å². The standard InChI is InChI=1S/C18H13ClFNO2S/c1-10-6-7-11(2)15(8-10)21-17(22)16(24-18(21)23)9-12-13(19)4-3-5-14(12)20/h3-9H,1-2H3/b16-9-. The number of amides is 2. The van der Waals surface area contributed by atoms with Gasteiger partial charge in [-0.05, 0) is 61.0 Å². The van der Waals surface area contributed by atoms with E-state index >= 15 is 0 Å². The number of thioether (sulfide) groups is 1. The Labute approximate surface area is 148 Å². The summed E-state index contributed by atoms with van der Waals surface area (Å²) < 4.78 is 13.9. The van der Waals surface area contributed by atoms with Crippen molar-refractivity contribution in [1.82, 2.24) is 0 Å². The zero-order chi connectivity index (χ0) is 17.4. The van der Waals surface area contributed by atoms with Crippen molar-refractivity contribution in [2.45, 2.75) is 13.8 Å². The number of carbonyl (C=O) groups is 2. The summed E-state index contributed by atoms with van der Waals surface area (Å²) >= 11 is 6.76. The summed E-state index contributed by atoms with van der Waals surface area (Å²) in [5.74, 6) is -1.01. The van der Waals surface area contributed by atoms with Gasteiger partial charge in [-0.3, -0.25) is 9.59 Å². The molecule has 1 heterocycles. The van der Waals surface area contributed by atoms with Crippen LogP contribution in [0.4, 0.5) is 14.9 Å². The number of aryl methyl sites for hydroxylation is 2. The Balaban J connectivity index is 2.04. The normalized spacial score (nSPS) is 16.3. The lowest BCUT2D eigenvalue weighted by molar-refractivity contribution is -0.113. The van der Waals surface area contributed by atoms with Crippen molar-refractivity contribution in [2.75, 3.05) is 4.90 Å². The fourth-order valence-corrected chi connectivity index (χ4v) is 3.45. The summed E-state index contributed by atoms with van der Waals surface area (Å²) in [4.78, 5) is 26.2. The molecule has 3 rings (SSSR count). The topological polar surface area (TPSA) is 37.4 Å². The molecule has 2 aromatic rings. The minimum Gasteiger partial charge on any atom is -0.268 e. The molecule has 122 valence electrons. The van der Waals surface area contributed by atoms with Gasteiger partial charge in [-0.15, -0.1) is 0 Å². The number of benzene rings is 2. The van der Waals surface area contributed by atoms with E-state index in [0.717, 1.165) is 27.8 Å². The molecule has 0 unspecified atom stereocenters. The van der Waals surface area contributed by atoms with Crippen LogP contribution in [0, 0.1) is 19.7 Å². The molecular weight excluding hydrogens is 349 g/mol. The Bertz CT molecular complexity index is 874. The zero-order valence-electron chi connectivity index (χ0n) is 13.0. The monoisotopic (exact) mass is 361 g/mol. The first-order valence-corrected chi connectivity index (χ1v) is 8.37. The van der Waals surface area contributed by atoms with Gasteiger partial charge in [0.25, 0.3) is 11.1 Å². The third-order valence-corrected chi connectivity index (χ3v) is 4.87. The van der Waals surface area contributed by atoms with Crippen molar-refractivity contribution in [1.29, 1.82) is 0 Å². The van der Waals surface area contributed by atoms with Crippen molar-refractivity contribution in [3.8, 4) is 0 Å². The molecule has 2 aromatic carbocycles. The van der Waals surface area contributed by atoms with E-state index in [0.29, 0.717) is 5.69 Å². The Morgan fingerprint density at radius 3 is 2.62 bits per heavy atom. The molecule has 0 N–H and O–H groups in total. The molecule has 0 spiro atoms. The van der Waals surface area contributed by atoms with Gasteiger partial charge >= 0.3 is 0 Å². The quantitative estimate of drug-likeness (QED) is 0.678. The largest absolute Gasteiger partial charge is 0.298 e. The molecule has 0 radical (unpaired) electrons. The van der Waals surface area contributed by atoms with Crippen LogP contribution in [-0.4, -0.2) is 11.1 Å². The van der Waals surface area contributed by atoms with Crippen LogP contribution in [0.15, 0.2) is 41.3 Å². The van der Waals surface area contributed by atoms with Gasteiger partial charge in [0.15, 0.2) is 0 Å². The number of hydrogen-bond donors (Lipinski definition) is 0. The maximum absolute atomic E-state index is 13.9. The van der Waals surface area contributed by atoms with Gasteiger partial charge in [0.1, 0.15) is 5.82 Å². The molecule has 3 nitrogen and oxygen atoms in total. The second-order valence-electron chi connectivity index (χ2n) is 5.44. The Hall–Kier alpha value is -2.11. The number of halogens is 2. The molecule has 0 aliphatic carbocycles. The van der Waals surface area contributed by atoms with Crippen molar-refractivity contribution < 1.29 is 14.0 Å². The van der Waals surface area contributed by atoms with Crippen LogP contribution in [-0.2, 0) is 4.79 Å². The Kier molecular flexibility index (Phi) is 4.47. The molecule has 6 heteroatoms. The summed E-state index contributed by atoms with van der Waals surface area (Å²) in [7, 11) is 0. The molecule has 2 amide bonds. The van der Waals surface area contributed by atoms with Crippen molar-refractivity contribution in [3.63, 3.8) is 0 Å². The van der Waals surface area contributed by atoms with E-state index in [9.17, 15) is 14.0 Å². The predicted molar refractivity (Wildman–Crippen MR) is 95.8 cm³/mol. The van der Waals surface area contributed by atoms with E-state index in [1.165, 1.54) is 24.3 Å². The van der Waals surface area contributed by atoms with Crippen LogP contribution in [0.1, 0.15) is 16.7 Å². The zero-order valence-corrected chi connectivity index (χ0v) is 14.5. The highest BCUT2D eigenvalue weighted by Crippen LogP contribution is 2.38. The van der Waals surface area contributed by atoms with Gasteiger partial charge in [-0.2, -0.15) is 0 Å². The van der Waals surface area contributed by atoms with Crippen molar-refractivity contribution in [3.05, 3.63) is 68.8 Å². The number of anilines is 1. The third kappa shape index (κ3) is 2.97. The number of carbonyl (C=O) groups excluding carboxylic acids is 2. The molecule has 0 atom stereocenters. The third-order valence-electron chi connectivity index (χ3n) is 3.67. The Morgan fingerprint density at radius 1 is 1.17 bits per heavy atom. The lowest BCUT2D eigenvalue weighted by Gasteiger charge is -2.16. The van der Waals surface area contributed by atoms with Gasteiger partial charge in [0.2, 0.25) is 0 Å². The van der Waals surface area contributed by atoms with Crippen LogP contribution in [0.25, 0.3) is 6.08 Å². The molecule has 1 aliphatic rings. The molecule has 1 saturated heterocycles. The van der Waals surface area contributed by atoms with E-state index < -0.39 is 17.0 Å². The highest BCUT2D eigenvalue weighted by molar-refractivity contribution is 8.19. The van der Waals surface area contributed by atoms with Crippen molar-refractivity contribution in [2.24, 2.45) is 0 Å². The van der Waals surface area contributed by atoms with E-state index in [1.807, 2.05) is 26.0 Å². The molecule has 0 aromatic heterocycles. The minimum absolute atomic E-state index is 0.102. The molecule has 1 fully saturated rings. The fraction of sp³-hybridized carbons (Fsp3) is 0.111. The molecule has 24 heavy (non-hydrogen) atoms. The maximum Gasteiger partial charge on any atom is 0.298 e. The van der Waals surface area contributed by atoms with E-state index in [4.69, 9.17) is 11.6 Å². The van der Waals surface area contributed by atoms with Crippen LogP contribution < -0.4 is 4.90 Å². The lowest BCUT2D eigenvalue weighted by Crippen LogP contribution is -2.28. The fourth-order valence-electron chi connectivity index (χ4n) is 2.42. The molecule has 0 saturated carbocycles. The van der Waals surface area contributed by atoms with Crippen LogP contribution in [0.3, 0.4) is 0 Å². The highest BCUT2D eigenvalue weighted by Gasteiger charge is 2.37. The van der Waals surface area contributed by atoms with E-state index in [2.05, 4.69) is 0 Å². The Morgan fingerprint density at radius 2 is 1.92 bits per heavy atom. The summed E-state index contributed by atoms with van der Waals surface area (Å²) in [6.07, 6.45) is 1.33. The molecule has 0 bridgehead atoms. The average Bonchev–Trinajstić information content (AvgIpc) is 2.80. The summed E-state index contributed by atoms with van der Waals surface area (Å²) in [5, 5.41) is -0.221. The summed E-state index contributed by atoms with van der Waals surface area (Å²) in [6, 6.07) is 9.82. The first-order chi connectivity index (χ1) is 11.4. The maximum atomic E-state index is 13.9. The van der Waals surface area contributed by atoms with Gasteiger partial charge in [0, 0.05) is 5.56 Å². The van der Waals surface area contributed by atoms with Gasteiger partial charge in [-0.25, -0.2) is 9.29 Å². The lowest BCUT2D eigenvalue weighted by atomic mass is 10.1. The summed E-state index contributed by atoms with van der Waals surface area (Å²) in [5.41, 5.74) is 2.40. The number of rotatable bonds is 2. The first-order valence-electron chi connectivity index (χ1n) is 7.17. The number of nitrogens with zero attached hydrogens (tertiary/aromatic N) is 1. The second kappa shape index (κ2) is 6.42. The predicted octanol–water partition coefficient (Wildman–Crippen LogP) is 5.34. The average molecular weight is 362 g/mol. The molecular formula is C18H13ClFNO2S. The smallest absolute Gasteiger partial charge is 0.268 e. The van der Waals surface area contributed by atoms with Gasteiger partial charge in [-0.1, -0.05) is 29.8 Å². The van der Waals surface area contributed by atoms with Gasteiger partial charge < -0.3 is 0 Å². The van der Waals surface area contributed by atoms with Gasteiger partial charge in [0.05, 0.1) is 15.6 Å². The summed E-state index contributed by atoms with van der Waals surface area (Å²) in [6.45, 7) is 3.71. The second-order valence-corrected chi connectivity index (χ2v) is 6.84. The van der Waals surface area contributed by atoms with Crippen molar-refractivity contribution >= 4 is 46.3 Å². The SMILES string of the molecule is Cc1ccc(C)c(N2C(=O)S/C(=C\c3c(F)cccc3Cl)C2=O)c1. The van der Waals surface area contributed by atoms with Crippen LogP contribution >= 0.6 is 23.4 Å².